The minimum absolute atomic E-state index is 0.00896. The number of hydrogen-bond acceptors (Lipinski definition) is 4. The molecule has 0 radical (unpaired) electrons. The fourth-order valence-corrected chi connectivity index (χ4v) is 1.58. The van der Waals surface area contributed by atoms with E-state index in [0.717, 1.165) is 6.07 Å². The van der Waals surface area contributed by atoms with Crippen molar-refractivity contribution < 1.29 is 23.9 Å². The van der Waals surface area contributed by atoms with Crippen LogP contribution in [0.15, 0.2) is 27.2 Å². The van der Waals surface area contributed by atoms with Gasteiger partial charge < -0.3 is 14.7 Å². The number of phenolic OH excluding ortho intramolecular Hbond substituents is 1. The maximum absolute atomic E-state index is 13.7. The molecule has 0 amide bonds. The van der Waals surface area contributed by atoms with Crippen LogP contribution in [0.2, 0.25) is 0 Å². The Kier molecular flexibility index (Phi) is 2.84. The molecule has 7 heteroatoms. The van der Waals surface area contributed by atoms with Gasteiger partial charge in [0.15, 0.2) is 17.3 Å². The van der Waals surface area contributed by atoms with Gasteiger partial charge in [0.1, 0.15) is 5.75 Å². The fourth-order valence-electron chi connectivity index (χ4n) is 1.23. The molecule has 0 spiro atoms. The average molecular weight is 302 g/mol. The highest BCUT2D eigenvalue weighted by atomic mass is 79.9. The van der Waals surface area contributed by atoms with E-state index in [4.69, 9.17) is 9.63 Å². The molecule has 1 aromatic carbocycles. The number of halogens is 2. The van der Waals surface area contributed by atoms with Crippen molar-refractivity contribution in [2.24, 2.45) is 0 Å². The van der Waals surface area contributed by atoms with E-state index in [0.29, 0.717) is 0 Å². The maximum atomic E-state index is 13.7. The molecule has 5 nitrogen and oxygen atoms in total. The van der Waals surface area contributed by atoms with Gasteiger partial charge in [0, 0.05) is 6.07 Å². The number of hydrogen-bond donors (Lipinski definition) is 2. The van der Waals surface area contributed by atoms with Crippen molar-refractivity contribution in [2.75, 3.05) is 0 Å². The van der Waals surface area contributed by atoms with Crippen LogP contribution in [0.5, 0.6) is 5.75 Å². The second-order valence-corrected chi connectivity index (χ2v) is 3.93. The first-order valence-electron chi connectivity index (χ1n) is 4.38. The molecule has 88 valence electrons. The van der Waals surface area contributed by atoms with Crippen LogP contribution in [0, 0.1) is 5.82 Å². The van der Waals surface area contributed by atoms with Gasteiger partial charge in [-0.05, 0) is 28.1 Å². The summed E-state index contributed by atoms with van der Waals surface area (Å²) in [5, 5.41) is 21.2. The quantitative estimate of drug-likeness (QED) is 0.891. The van der Waals surface area contributed by atoms with Crippen LogP contribution in [0.1, 0.15) is 10.5 Å². The molecule has 0 aliphatic carbocycles. The minimum Gasteiger partial charge on any atom is -0.507 e. The van der Waals surface area contributed by atoms with Crippen LogP contribution in [-0.4, -0.2) is 21.3 Å². The topological polar surface area (TPSA) is 83.6 Å². The second-order valence-electron chi connectivity index (χ2n) is 3.14. The molecule has 0 unspecified atom stereocenters. The number of aromatic hydroxyl groups is 1. The summed E-state index contributed by atoms with van der Waals surface area (Å²) in [7, 11) is 0. The minimum atomic E-state index is -1.27. The first-order valence-corrected chi connectivity index (χ1v) is 5.17. The van der Waals surface area contributed by atoms with Crippen molar-refractivity contribution >= 4 is 21.9 Å². The standard InChI is InChI=1S/C10H5BrFNO4/c11-8-6(14)2-1-4(9(8)12)7-3-5(10(15)16)13-17-7/h1-3,14H,(H,15,16). The van der Waals surface area contributed by atoms with E-state index >= 15 is 0 Å². The van der Waals surface area contributed by atoms with Crippen LogP contribution in [0.25, 0.3) is 11.3 Å². The van der Waals surface area contributed by atoms with Gasteiger partial charge in [-0.2, -0.15) is 0 Å². The Hall–Kier alpha value is -1.89. The number of nitrogens with zero attached hydrogens (tertiary/aromatic N) is 1. The van der Waals surface area contributed by atoms with Gasteiger partial charge in [-0.15, -0.1) is 0 Å². The van der Waals surface area contributed by atoms with Gasteiger partial charge in [0.05, 0.1) is 10.0 Å². The molecule has 2 N–H and O–H groups in total. The number of benzene rings is 1. The molecule has 0 atom stereocenters. The Labute approximate surface area is 103 Å². The van der Waals surface area contributed by atoms with Crippen molar-refractivity contribution in [1.82, 2.24) is 5.16 Å². The van der Waals surface area contributed by atoms with Crippen molar-refractivity contribution in [1.29, 1.82) is 0 Å². The lowest BCUT2D eigenvalue weighted by Crippen LogP contribution is -1.94. The summed E-state index contributed by atoms with van der Waals surface area (Å²) < 4.78 is 18.3. The number of phenols is 1. The number of carboxylic acids is 1. The lowest BCUT2D eigenvalue weighted by molar-refractivity contribution is 0.0686. The second kappa shape index (κ2) is 4.17. The van der Waals surface area contributed by atoms with Crippen LogP contribution >= 0.6 is 15.9 Å². The smallest absolute Gasteiger partial charge is 0.358 e. The highest BCUT2D eigenvalue weighted by molar-refractivity contribution is 9.10. The molecule has 1 aromatic heterocycles. The van der Waals surface area contributed by atoms with Crippen LogP contribution in [0.3, 0.4) is 0 Å². The zero-order chi connectivity index (χ0) is 12.6. The Morgan fingerprint density at radius 3 is 2.76 bits per heavy atom. The third kappa shape index (κ3) is 2.01. The zero-order valence-electron chi connectivity index (χ0n) is 8.15. The lowest BCUT2D eigenvalue weighted by atomic mass is 10.1. The van der Waals surface area contributed by atoms with Gasteiger partial charge in [0.2, 0.25) is 0 Å². The molecular formula is C10H5BrFNO4. The van der Waals surface area contributed by atoms with Gasteiger partial charge in [-0.25, -0.2) is 9.18 Å². The molecule has 0 aliphatic rings. The third-order valence-corrected chi connectivity index (χ3v) is 2.81. The monoisotopic (exact) mass is 301 g/mol. The Balaban J connectivity index is 2.53. The lowest BCUT2D eigenvalue weighted by Gasteiger charge is -2.02. The van der Waals surface area contributed by atoms with Crippen LogP contribution in [-0.2, 0) is 0 Å². The van der Waals surface area contributed by atoms with E-state index in [-0.39, 0.29) is 27.2 Å². The predicted molar refractivity (Wildman–Crippen MR) is 58.2 cm³/mol. The molecule has 0 bridgehead atoms. The SMILES string of the molecule is O=C(O)c1cc(-c2ccc(O)c(Br)c2F)on1. The highest BCUT2D eigenvalue weighted by Gasteiger charge is 2.18. The summed E-state index contributed by atoms with van der Waals surface area (Å²) in [5.74, 6) is -2.30. The summed E-state index contributed by atoms with van der Waals surface area (Å²) in [5.41, 5.74) is -0.307. The van der Waals surface area contributed by atoms with Gasteiger partial charge in [-0.1, -0.05) is 5.16 Å². The normalized spacial score (nSPS) is 10.5. The average Bonchev–Trinajstić information content (AvgIpc) is 2.75. The number of aromatic carboxylic acids is 1. The first-order chi connectivity index (χ1) is 8.00. The number of aromatic nitrogens is 1. The van der Waals surface area contributed by atoms with E-state index in [1.165, 1.54) is 12.1 Å². The molecule has 0 fully saturated rings. The van der Waals surface area contributed by atoms with Crippen molar-refractivity contribution in [3.8, 4) is 17.1 Å². The van der Waals surface area contributed by atoms with Gasteiger partial charge in [-0.3, -0.25) is 0 Å². The van der Waals surface area contributed by atoms with E-state index < -0.39 is 11.8 Å². The molecule has 1 heterocycles. The van der Waals surface area contributed by atoms with E-state index in [9.17, 15) is 14.3 Å². The highest BCUT2D eigenvalue weighted by Crippen LogP contribution is 2.34. The Morgan fingerprint density at radius 2 is 2.18 bits per heavy atom. The van der Waals surface area contributed by atoms with Crippen LogP contribution < -0.4 is 0 Å². The third-order valence-electron chi connectivity index (χ3n) is 2.06. The summed E-state index contributed by atoms with van der Waals surface area (Å²) in [6, 6.07) is 3.62. The molecule has 0 saturated carbocycles. The summed E-state index contributed by atoms with van der Waals surface area (Å²) in [6.45, 7) is 0. The van der Waals surface area contributed by atoms with E-state index in [2.05, 4.69) is 21.1 Å². The molecule has 0 saturated heterocycles. The fraction of sp³-hybridized carbons (Fsp3) is 0. The van der Waals surface area contributed by atoms with Gasteiger partial charge >= 0.3 is 5.97 Å². The summed E-state index contributed by atoms with van der Waals surface area (Å²) in [4.78, 5) is 10.6. The largest absolute Gasteiger partial charge is 0.507 e. The molecule has 2 aromatic rings. The summed E-state index contributed by atoms with van der Waals surface area (Å²) in [6.07, 6.45) is 0. The number of carbonyl (C=O) groups is 1. The van der Waals surface area contributed by atoms with Crippen molar-refractivity contribution in [3.05, 3.63) is 34.2 Å². The molecule has 0 aliphatic heterocycles. The summed E-state index contributed by atoms with van der Waals surface area (Å²) >= 11 is 2.86. The zero-order valence-corrected chi connectivity index (χ0v) is 9.73. The number of carboxylic acid groups (broad SMARTS) is 1. The van der Waals surface area contributed by atoms with Gasteiger partial charge in [0.25, 0.3) is 0 Å². The molecule has 17 heavy (non-hydrogen) atoms. The van der Waals surface area contributed by atoms with Crippen LogP contribution in [0.4, 0.5) is 4.39 Å². The van der Waals surface area contributed by atoms with E-state index in [1.807, 2.05) is 0 Å². The molecular weight excluding hydrogens is 297 g/mol. The first kappa shape index (κ1) is 11.6. The van der Waals surface area contributed by atoms with E-state index in [1.54, 1.807) is 0 Å². The molecule has 2 rings (SSSR count). The Bertz CT molecular complexity index is 596. The number of rotatable bonds is 2. The Morgan fingerprint density at radius 1 is 1.47 bits per heavy atom. The maximum Gasteiger partial charge on any atom is 0.358 e. The van der Waals surface area contributed by atoms with Crippen molar-refractivity contribution in [2.45, 2.75) is 0 Å². The van der Waals surface area contributed by atoms with Crippen molar-refractivity contribution in [3.63, 3.8) is 0 Å². The predicted octanol–water partition coefficient (Wildman–Crippen LogP) is 2.65.